The van der Waals surface area contributed by atoms with Gasteiger partial charge in [-0.15, -0.1) is 0 Å². The number of carbonyl (C=O) groups excluding carboxylic acids is 2. The van der Waals surface area contributed by atoms with Gasteiger partial charge in [0.05, 0.1) is 37.8 Å². The summed E-state index contributed by atoms with van der Waals surface area (Å²) in [5.41, 5.74) is 0. The lowest BCUT2D eigenvalue weighted by Gasteiger charge is -2.37. The molecule has 0 aromatic carbocycles. The highest BCUT2D eigenvalue weighted by Gasteiger charge is 2.34. The number of halogens is 2. The molecule has 5 N–H and O–H groups in total. The van der Waals surface area contributed by atoms with E-state index < -0.39 is 0 Å². The number of aliphatic hydroxyl groups excluding tert-OH is 2. The van der Waals surface area contributed by atoms with Gasteiger partial charge in [0.25, 0.3) is 0 Å². The molecule has 0 atom stereocenters. The summed E-state index contributed by atoms with van der Waals surface area (Å²) in [6.45, 7) is 2.41. The Balaban J connectivity index is 0.000000191. The molecule has 15 heteroatoms. The van der Waals surface area contributed by atoms with Crippen LogP contribution in [-0.4, -0.2) is 86.0 Å². The van der Waals surface area contributed by atoms with Crippen molar-refractivity contribution in [3.63, 3.8) is 0 Å². The van der Waals surface area contributed by atoms with Gasteiger partial charge in [0.15, 0.2) is 23.3 Å². The predicted octanol–water partition coefficient (Wildman–Crippen LogP) is 3.23. The molecule has 3 aliphatic rings. The zero-order valence-corrected chi connectivity index (χ0v) is 26.0. The van der Waals surface area contributed by atoms with Crippen molar-refractivity contribution in [1.82, 2.24) is 19.9 Å². The summed E-state index contributed by atoms with van der Waals surface area (Å²) in [5.74, 6) is 2.03. The van der Waals surface area contributed by atoms with Crippen LogP contribution in [0.15, 0.2) is 21.6 Å². The van der Waals surface area contributed by atoms with Crippen LogP contribution in [0.2, 0.25) is 0 Å². The fourth-order valence-electron chi connectivity index (χ4n) is 5.09. The molecular formula is C26H36Br2N8O5. The maximum atomic E-state index is 12.2. The van der Waals surface area contributed by atoms with Gasteiger partial charge in [-0.2, -0.15) is 0 Å². The third-order valence-electron chi connectivity index (χ3n) is 7.15. The summed E-state index contributed by atoms with van der Waals surface area (Å²) in [6.07, 6.45) is 9.16. The van der Waals surface area contributed by atoms with Crippen LogP contribution in [0.25, 0.3) is 0 Å². The van der Waals surface area contributed by atoms with Crippen molar-refractivity contribution in [1.29, 1.82) is 0 Å². The number of hydrogen-bond acceptors (Lipinski definition) is 12. The van der Waals surface area contributed by atoms with Gasteiger partial charge in [-0.25, -0.2) is 19.9 Å². The quantitative estimate of drug-likeness (QED) is 0.211. The maximum absolute atomic E-state index is 12.2. The average molecular weight is 704 g/mol. The molecule has 2 fully saturated rings. The van der Waals surface area contributed by atoms with Gasteiger partial charge in [0.2, 0.25) is 5.91 Å². The Morgan fingerprint density at radius 2 is 1.63 bits per heavy atom. The minimum atomic E-state index is -0.334. The number of ether oxygens (including phenoxy) is 1. The van der Waals surface area contributed by atoms with E-state index in [0.717, 1.165) is 51.4 Å². The van der Waals surface area contributed by atoms with Gasteiger partial charge >= 0.3 is 5.97 Å². The second-order valence-electron chi connectivity index (χ2n) is 10.1. The molecular weight excluding hydrogens is 668 g/mol. The second-order valence-corrected chi connectivity index (χ2v) is 11.8. The van der Waals surface area contributed by atoms with E-state index in [9.17, 15) is 19.8 Å². The fraction of sp³-hybridized carbons (Fsp3) is 0.615. The average Bonchev–Trinajstić information content (AvgIpc) is 2.95. The summed E-state index contributed by atoms with van der Waals surface area (Å²) in [4.78, 5) is 42.6. The third-order valence-corrected chi connectivity index (χ3v) is 7.91. The number of esters is 1. The van der Waals surface area contributed by atoms with Crippen LogP contribution in [-0.2, 0) is 14.3 Å². The summed E-state index contributed by atoms with van der Waals surface area (Å²) < 4.78 is 6.11. The summed E-state index contributed by atoms with van der Waals surface area (Å²) >= 11 is 6.59. The highest BCUT2D eigenvalue weighted by atomic mass is 79.9. The SMILES string of the molecule is CCO[13C](=O)[13CH2]Nc1ncc(Br)nc1NC1CCC(O)CC1.O=[13C]1[13CH2]Nc2ncc(Br)nc2N1C1CCC(O)CC1. The lowest BCUT2D eigenvalue weighted by atomic mass is 9.92. The molecule has 2 saturated carbocycles. The molecule has 3 heterocycles. The predicted molar refractivity (Wildman–Crippen MR) is 161 cm³/mol. The van der Waals surface area contributed by atoms with Gasteiger partial charge in [-0.3, -0.25) is 14.5 Å². The Hall–Kier alpha value is -2.62. The van der Waals surface area contributed by atoms with E-state index >= 15 is 0 Å². The van der Waals surface area contributed by atoms with E-state index in [0.29, 0.717) is 39.1 Å². The summed E-state index contributed by atoms with van der Waals surface area (Å²) in [5, 5.41) is 28.4. The number of amides is 1. The molecule has 1 aliphatic heterocycles. The Bertz CT molecular complexity index is 1190. The first-order chi connectivity index (χ1) is 19.7. The highest BCUT2D eigenvalue weighted by molar-refractivity contribution is 9.10. The van der Waals surface area contributed by atoms with Crippen molar-refractivity contribution in [2.45, 2.75) is 82.6 Å². The van der Waals surface area contributed by atoms with E-state index in [-0.39, 0.29) is 49.3 Å². The minimum absolute atomic E-state index is 0.0151. The first kappa shape index (κ1) is 31.3. The lowest BCUT2D eigenvalue weighted by molar-refractivity contribution is -0.140. The van der Waals surface area contributed by atoms with Crippen LogP contribution >= 0.6 is 31.9 Å². The van der Waals surface area contributed by atoms with Crippen molar-refractivity contribution in [2.75, 3.05) is 40.5 Å². The van der Waals surface area contributed by atoms with Gasteiger partial charge in [-0.05, 0) is 90.2 Å². The first-order valence-corrected chi connectivity index (χ1v) is 15.4. The van der Waals surface area contributed by atoms with Crippen LogP contribution < -0.4 is 20.9 Å². The molecule has 2 aromatic heterocycles. The summed E-state index contributed by atoms with van der Waals surface area (Å²) in [6, 6.07) is 0.357. The highest BCUT2D eigenvalue weighted by Crippen LogP contribution is 2.33. The first-order valence-electron chi connectivity index (χ1n) is 13.9. The van der Waals surface area contributed by atoms with Crippen molar-refractivity contribution in [3.05, 3.63) is 21.6 Å². The normalized spacial score (nSPS) is 23.8. The minimum Gasteiger partial charge on any atom is -0.465 e. The molecule has 0 saturated heterocycles. The number of aromatic nitrogens is 4. The molecule has 5 rings (SSSR count). The Morgan fingerprint density at radius 3 is 2.32 bits per heavy atom. The fourth-order valence-corrected chi connectivity index (χ4v) is 5.64. The monoisotopic (exact) mass is 702 g/mol. The smallest absolute Gasteiger partial charge is 0.325 e. The number of nitrogens with zero attached hydrogens (tertiary/aromatic N) is 5. The third kappa shape index (κ3) is 8.93. The lowest BCUT2D eigenvalue weighted by Crippen LogP contribution is -2.49. The van der Waals surface area contributed by atoms with E-state index in [1.165, 1.54) is 0 Å². The number of hydrogen-bond donors (Lipinski definition) is 5. The van der Waals surface area contributed by atoms with Crippen LogP contribution in [0.4, 0.5) is 23.3 Å². The number of anilines is 4. The zero-order valence-electron chi connectivity index (χ0n) is 22.9. The Kier molecular flexibility index (Phi) is 11.5. The van der Waals surface area contributed by atoms with Crippen LogP contribution in [0.5, 0.6) is 0 Å². The molecule has 2 aliphatic carbocycles. The molecule has 0 unspecified atom stereocenters. The number of aliphatic hydroxyl groups is 2. The zero-order chi connectivity index (χ0) is 29.4. The molecule has 0 radical (unpaired) electrons. The molecule has 1 amide bonds. The molecule has 41 heavy (non-hydrogen) atoms. The van der Waals surface area contributed by atoms with Crippen molar-refractivity contribution in [2.24, 2.45) is 0 Å². The van der Waals surface area contributed by atoms with Crippen molar-refractivity contribution < 1.29 is 24.5 Å². The number of nitrogens with one attached hydrogen (secondary N) is 3. The van der Waals surface area contributed by atoms with Crippen molar-refractivity contribution in [3.8, 4) is 0 Å². The van der Waals surface area contributed by atoms with Crippen molar-refractivity contribution >= 4 is 67.0 Å². The second kappa shape index (κ2) is 15.0. The van der Waals surface area contributed by atoms with Gasteiger partial charge < -0.3 is 30.9 Å². The van der Waals surface area contributed by atoms with E-state index in [4.69, 9.17) is 4.74 Å². The van der Waals surface area contributed by atoms with Crippen LogP contribution in [0.3, 0.4) is 0 Å². The molecule has 224 valence electrons. The number of carbonyl (C=O) groups is 2. The molecule has 0 bridgehead atoms. The van der Waals surface area contributed by atoms with E-state index in [1.807, 2.05) is 0 Å². The molecule has 13 nitrogen and oxygen atoms in total. The van der Waals surface area contributed by atoms with Gasteiger partial charge in [-0.1, -0.05) is 0 Å². The number of rotatable bonds is 7. The van der Waals surface area contributed by atoms with E-state index in [2.05, 4.69) is 67.7 Å². The van der Waals surface area contributed by atoms with E-state index in [1.54, 1.807) is 24.2 Å². The largest absolute Gasteiger partial charge is 0.465 e. The van der Waals surface area contributed by atoms with Gasteiger partial charge in [0.1, 0.15) is 15.8 Å². The van der Waals surface area contributed by atoms with Crippen LogP contribution in [0.1, 0.15) is 58.3 Å². The molecule has 0 spiro atoms. The standard InChI is InChI=1S/C14H21BrN4O3.C12H15BrN4O2/c1-2-22-12(21)8-17-13-14(19-11(15)7-16-13)18-9-3-5-10(20)6-4-9;13-9-5-14-11-12(16-9)17(10(19)6-15-11)7-1-3-8(18)4-2-7/h7,9-10,20H,2-6,8H2,1H3,(H,16,17)(H,18,19);5,7-8,18H,1-4,6H2,(H,14,15)/i8+1,12+1;6+1,10+1. The number of fused-ring (bicyclic) bond motifs is 1. The van der Waals surface area contributed by atoms with Gasteiger partial charge in [0, 0.05) is 12.1 Å². The van der Waals surface area contributed by atoms with Crippen LogP contribution in [0, 0.1) is 0 Å². The maximum Gasteiger partial charge on any atom is 0.325 e. The molecule has 2 aromatic rings. The topological polar surface area (TPSA) is 175 Å². The Morgan fingerprint density at radius 1 is 1.00 bits per heavy atom. The summed E-state index contributed by atoms with van der Waals surface area (Å²) in [7, 11) is 0. The Labute approximate surface area is 255 Å².